The van der Waals surface area contributed by atoms with Crippen LogP contribution in [0.2, 0.25) is 0 Å². The second-order valence-electron chi connectivity index (χ2n) is 5.74. The summed E-state index contributed by atoms with van der Waals surface area (Å²) in [6.45, 7) is 3.17. The van der Waals surface area contributed by atoms with Gasteiger partial charge in [0, 0.05) is 25.7 Å². The summed E-state index contributed by atoms with van der Waals surface area (Å²) in [5.41, 5.74) is 1.91. The van der Waals surface area contributed by atoms with Crippen molar-refractivity contribution in [1.29, 1.82) is 0 Å². The zero-order valence-corrected chi connectivity index (χ0v) is 14.5. The van der Waals surface area contributed by atoms with E-state index in [1.807, 2.05) is 24.9 Å². The summed E-state index contributed by atoms with van der Waals surface area (Å²) in [5, 5.41) is 12.3. The largest absolute Gasteiger partial charge is 0.392 e. The molecule has 2 aromatic carbocycles. The van der Waals surface area contributed by atoms with Crippen LogP contribution in [0.1, 0.15) is 23.6 Å². The molecule has 2 aromatic rings. The molecule has 0 aliphatic rings. The molecule has 0 spiro atoms. The van der Waals surface area contributed by atoms with Crippen LogP contribution in [-0.2, 0) is 19.7 Å². The van der Waals surface area contributed by atoms with E-state index in [-0.39, 0.29) is 18.0 Å². The number of rotatable bonds is 6. The summed E-state index contributed by atoms with van der Waals surface area (Å²) in [6.07, 6.45) is 0. The van der Waals surface area contributed by atoms with Crippen molar-refractivity contribution in [3.63, 3.8) is 0 Å². The molecule has 0 aliphatic carbocycles. The third-order valence-corrected chi connectivity index (χ3v) is 3.70. The van der Waals surface area contributed by atoms with Crippen LogP contribution >= 0.6 is 0 Å². The predicted molar refractivity (Wildman–Crippen MR) is 95.0 cm³/mol. The number of nitrogens with zero attached hydrogens (tertiary/aromatic N) is 2. The number of aliphatic hydroxyl groups excluding tert-OH is 1. The van der Waals surface area contributed by atoms with Crippen molar-refractivity contribution in [2.45, 2.75) is 26.6 Å². The number of hydrogen-bond acceptors (Lipinski definition) is 2. The van der Waals surface area contributed by atoms with Gasteiger partial charge in [-0.1, -0.05) is 18.2 Å². The molecular formula is C19H23F2N3O. The number of benzene rings is 2. The van der Waals surface area contributed by atoms with E-state index in [4.69, 9.17) is 5.11 Å². The molecular weight excluding hydrogens is 324 g/mol. The lowest BCUT2D eigenvalue weighted by Gasteiger charge is -2.22. The Hall–Kier alpha value is -2.47. The average molecular weight is 347 g/mol. The first-order valence-electron chi connectivity index (χ1n) is 8.15. The van der Waals surface area contributed by atoms with Crippen molar-refractivity contribution in [3.05, 3.63) is 70.8 Å². The van der Waals surface area contributed by atoms with E-state index in [0.29, 0.717) is 25.6 Å². The van der Waals surface area contributed by atoms with E-state index >= 15 is 0 Å². The minimum atomic E-state index is -0.426. The van der Waals surface area contributed by atoms with Crippen molar-refractivity contribution in [2.24, 2.45) is 4.99 Å². The number of aliphatic imine (C=N–C) groups is 1. The second kappa shape index (κ2) is 9.13. The molecule has 0 bridgehead atoms. The first kappa shape index (κ1) is 18.9. The summed E-state index contributed by atoms with van der Waals surface area (Å²) in [4.78, 5) is 6.44. The lowest BCUT2D eigenvalue weighted by molar-refractivity contribution is 0.275. The number of nitrogens with one attached hydrogen (secondary N) is 1. The predicted octanol–water partition coefficient (Wildman–Crippen LogP) is 3.05. The van der Waals surface area contributed by atoms with Crippen LogP contribution in [0.25, 0.3) is 0 Å². The van der Waals surface area contributed by atoms with E-state index in [9.17, 15) is 8.78 Å². The normalized spacial score (nSPS) is 11.5. The number of hydrogen-bond donors (Lipinski definition) is 2. The summed E-state index contributed by atoms with van der Waals surface area (Å²) in [7, 11) is 1.87. The van der Waals surface area contributed by atoms with E-state index in [0.717, 1.165) is 11.1 Å². The van der Waals surface area contributed by atoms with Crippen LogP contribution in [0.3, 0.4) is 0 Å². The Morgan fingerprint density at radius 1 is 1.16 bits per heavy atom. The molecule has 0 unspecified atom stereocenters. The Morgan fingerprint density at radius 3 is 2.64 bits per heavy atom. The maximum Gasteiger partial charge on any atom is 0.194 e. The topological polar surface area (TPSA) is 47.9 Å². The maximum absolute atomic E-state index is 13.4. The van der Waals surface area contributed by atoms with Gasteiger partial charge < -0.3 is 15.3 Å². The second-order valence-corrected chi connectivity index (χ2v) is 5.74. The SMILES string of the molecule is CCNC(=NCc1ccc(F)c(CO)c1)N(C)Cc1cccc(F)c1. The highest BCUT2D eigenvalue weighted by atomic mass is 19.1. The van der Waals surface area contributed by atoms with E-state index in [1.165, 1.54) is 18.2 Å². The average Bonchev–Trinajstić information content (AvgIpc) is 2.59. The van der Waals surface area contributed by atoms with Crippen LogP contribution in [0.4, 0.5) is 8.78 Å². The standard InChI is InChI=1S/C19H23F2N3O/c1-3-22-19(24(2)12-15-5-4-6-17(20)10-15)23-11-14-7-8-18(21)16(9-14)13-25/h4-10,25H,3,11-13H2,1-2H3,(H,22,23). The smallest absolute Gasteiger partial charge is 0.194 e. The van der Waals surface area contributed by atoms with E-state index in [2.05, 4.69) is 10.3 Å². The molecule has 2 rings (SSSR count). The Kier molecular flexibility index (Phi) is 6.89. The highest BCUT2D eigenvalue weighted by molar-refractivity contribution is 5.79. The molecule has 0 aromatic heterocycles. The first-order valence-corrected chi connectivity index (χ1v) is 8.15. The molecule has 0 saturated heterocycles. The van der Waals surface area contributed by atoms with Gasteiger partial charge in [0.25, 0.3) is 0 Å². The first-order chi connectivity index (χ1) is 12.0. The highest BCUT2D eigenvalue weighted by Crippen LogP contribution is 2.12. The van der Waals surface area contributed by atoms with Gasteiger partial charge in [0.05, 0.1) is 13.2 Å². The van der Waals surface area contributed by atoms with Crippen LogP contribution in [0.5, 0.6) is 0 Å². The van der Waals surface area contributed by atoms with E-state index in [1.54, 1.807) is 18.2 Å². The molecule has 4 nitrogen and oxygen atoms in total. The van der Waals surface area contributed by atoms with Crippen LogP contribution < -0.4 is 5.32 Å². The lowest BCUT2D eigenvalue weighted by Crippen LogP contribution is -2.38. The van der Waals surface area contributed by atoms with Gasteiger partial charge in [-0.2, -0.15) is 0 Å². The maximum atomic E-state index is 13.4. The molecule has 0 heterocycles. The fraction of sp³-hybridized carbons (Fsp3) is 0.316. The lowest BCUT2D eigenvalue weighted by atomic mass is 10.1. The molecule has 0 atom stereocenters. The molecule has 0 fully saturated rings. The van der Waals surface area contributed by atoms with Gasteiger partial charge in [0.1, 0.15) is 11.6 Å². The minimum Gasteiger partial charge on any atom is -0.392 e. The summed E-state index contributed by atoms with van der Waals surface area (Å²) in [6, 6.07) is 11.0. The highest BCUT2D eigenvalue weighted by Gasteiger charge is 2.08. The number of aliphatic hydroxyl groups is 1. The van der Waals surface area contributed by atoms with Crippen molar-refractivity contribution in [1.82, 2.24) is 10.2 Å². The van der Waals surface area contributed by atoms with Gasteiger partial charge in [-0.15, -0.1) is 0 Å². The molecule has 0 radical (unpaired) electrons. The number of halogens is 2. The molecule has 0 saturated carbocycles. The quantitative estimate of drug-likeness (QED) is 0.624. The minimum absolute atomic E-state index is 0.255. The van der Waals surface area contributed by atoms with Crippen molar-refractivity contribution in [2.75, 3.05) is 13.6 Å². The van der Waals surface area contributed by atoms with Crippen LogP contribution in [-0.4, -0.2) is 29.6 Å². The summed E-state index contributed by atoms with van der Waals surface area (Å²) >= 11 is 0. The third-order valence-electron chi connectivity index (χ3n) is 3.70. The third kappa shape index (κ3) is 5.53. The Bertz CT molecular complexity index is 734. The Morgan fingerprint density at radius 2 is 1.96 bits per heavy atom. The fourth-order valence-electron chi connectivity index (χ4n) is 2.47. The van der Waals surface area contributed by atoms with Gasteiger partial charge in [0.2, 0.25) is 0 Å². The Labute approximate surface area is 146 Å². The summed E-state index contributed by atoms with van der Waals surface area (Å²) < 4.78 is 26.8. The van der Waals surface area contributed by atoms with Gasteiger partial charge in [0.15, 0.2) is 5.96 Å². The zero-order chi connectivity index (χ0) is 18.2. The van der Waals surface area contributed by atoms with Crippen molar-refractivity contribution >= 4 is 5.96 Å². The van der Waals surface area contributed by atoms with Gasteiger partial charge in [-0.3, -0.25) is 0 Å². The van der Waals surface area contributed by atoms with Crippen molar-refractivity contribution < 1.29 is 13.9 Å². The van der Waals surface area contributed by atoms with Crippen molar-refractivity contribution in [3.8, 4) is 0 Å². The molecule has 0 aliphatic heterocycles. The van der Waals surface area contributed by atoms with Gasteiger partial charge in [-0.25, -0.2) is 13.8 Å². The van der Waals surface area contributed by atoms with Gasteiger partial charge >= 0.3 is 0 Å². The molecule has 6 heteroatoms. The van der Waals surface area contributed by atoms with E-state index < -0.39 is 5.82 Å². The molecule has 0 amide bonds. The molecule has 25 heavy (non-hydrogen) atoms. The zero-order valence-electron chi connectivity index (χ0n) is 14.5. The number of guanidine groups is 1. The monoisotopic (exact) mass is 347 g/mol. The Balaban J connectivity index is 2.11. The van der Waals surface area contributed by atoms with Gasteiger partial charge in [-0.05, 0) is 42.3 Å². The fourth-order valence-corrected chi connectivity index (χ4v) is 2.47. The molecule has 134 valence electrons. The summed E-state index contributed by atoms with van der Waals surface area (Å²) in [5.74, 6) is -0.0253. The van der Waals surface area contributed by atoms with Crippen LogP contribution in [0, 0.1) is 11.6 Å². The van der Waals surface area contributed by atoms with Crippen LogP contribution in [0.15, 0.2) is 47.5 Å². The molecule has 2 N–H and O–H groups in total.